The van der Waals surface area contributed by atoms with Gasteiger partial charge >= 0.3 is 5.97 Å². The molecule has 1 aliphatic heterocycles. The van der Waals surface area contributed by atoms with Crippen LogP contribution in [-0.2, 0) is 21.4 Å². The maximum atomic E-state index is 12.7. The van der Waals surface area contributed by atoms with Gasteiger partial charge in [-0.1, -0.05) is 0 Å². The van der Waals surface area contributed by atoms with Crippen molar-refractivity contribution in [2.24, 2.45) is 5.92 Å². The molecule has 2 N–H and O–H groups in total. The number of hydrogen-bond donors (Lipinski definition) is 2. The first-order chi connectivity index (χ1) is 12.9. The molecule has 3 rings (SSSR count). The molecule has 0 radical (unpaired) electrons. The van der Waals surface area contributed by atoms with Crippen molar-refractivity contribution in [3.8, 4) is 0 Å². The summed E-state index contributed by atoms with van der Waals surface area (Å²) in [7, 11) is -3.71. The van der Waals surface area contributed by atoms with Gasteiger partial charge in [-0.3, -0.25) is 4.79 Å². The number of carbonyl (C=O) groups is 2. The second-order valence-electron chi connectivity index (χ2n) is 6.36. The summed E-state index contributed by atoms with van der Waals surface area (Å²) in [5, 5.41) is 11.7. The maximum Gasteiger partial charge on any atom is 0.335 e. The highest BCUT2D eigenvalue weighted by Crippen LogP contribution is 2.24. The van der Waals surface area contributed by atoms with Gasteiger partial charge in [-0.05, 0) is 43.2 Å². The molecule has 0 aliphatic carbocycles. The van der Waals surface area contributed by atoms with Crippen LogP contribution in [-0.4, -0.2) is 42.8 Å². The van der Waals surface area contributed by atoms with Crippen molar-refractivity contribution in [2.45, 2.75) is 24.3 Å². The third kappa shape index (κ3) is 4.37. The average molecular weight is 392 g/mol. The number of carboxylic acid groups (broad SMARTS) is 1. The lowest BCUT2D eigenvalue weighted by molar-refractivity contribution is -0.126. The normalized spacial score (nSPS) is 16.1. The summed E-state index contributed by atoms with van der Waals surface area (Å²) in [6.07, 6.45) is 3.96. The number of furan rings is 1. The average Bonchev–Trinajstić information content (AvgIpc) is 3.20. The Hall–Kier alpha value is -2.65. The zero-order chi connectivity index (χ0) is 19.4. The SMILES string of the molecule is O=C(O)c1ccc(S(=O)(=O)N2CCC(C(=O)NCc3ccoc3)CC2)cc1. The maximum absolute atomic E-state index is 12.7. The molecule has 0 atom stereocenters. The molecule has 0 spiro atoms. The van der Waals surface area contributed by atoms with Crippen molar-refractivity contribution in [2.75, 3.05) is 13.1 Å². The standard InChI is InChI=1S/C18H20N2O6S/c21-17(19-11-13-7-10-26-12-13)14-5-8-20(9-6-14)27(24,25)16-3-1-15(2-4-16)18(22)23/h1-4,7,10,12,14H,5-6,8-9,11H2,(H,19,21)(H,22,23). The molecule has 0 saturated carbocycles. The quantitative estimate of drug-likeness (QED) is 0.773. The van der Waals surface area contributed by atoms with Gasteiger partial charge < -0.3 is 14.8 Å². The summed E-state index contributed by atoms with van der Waals surface area (Å²) in [4.78, 5) is 23.2. The van der Waals surface area contributed by atoms with Crippen LogP contribution in [0.4, 0.5) is 0 Å². The number of rotatable bonds is 6. The number of carboxylic acids is 1. The first-order valence-corrected chi connectivity index (χ1v) is 9.94. The predicted octanol–water partition coefficient (Wildman–Crippen LogP) is 1.69. The first kappa shape index (κ1) is 19.1. The number of nitrogens with one attached hydrogen (secondary N) is 1. The van der Waals surface area contributed by atoms with Crippen molar-refractivity contribution in [1.82, 2.24) is 9.62 Å². The Morgan fingerprint density at radius 2 is 1.81 bits per heavy atom. The molecule has 1 amide bonds. The first-order valence-electron chi connectivity index (χ1n) is 8.50. The highest BCUT2D eigenvalue weighted by molar-refractivity contribution is 7.89. The molecule has 144 valence electrons. The monoisotopic (exact) mass is 392 g/mol. The topological polar surface area (TPSA) is 117 Å². The van der Waals surface area contributed by atoms with Crippen LogP contribution in [0, 0.1) is 5.92 Å². The third-order valence-corrected chi connectivity index (χ3v) is 6.52. The summed E-state index contributed by atoms with van der Waals surface area (Å²) < 4.78 is 31.7. The van der Waals surface area contributed by atoms with Gasteiger partial charge in [0.25, 0.3) is 0 Å². The summed E-state index contributed by atoms with van der Waals surface area (Å²) in [6, 6.07) is 6.90. The molecular formula is C18H20N2O6S. The largest absolute Gasteiger partial charge is 0.478 e. The number of piperidine rings is 1. The fraction of sp³-hybridized carbons (Fsp3) is 0.333. The van der Waals surface area contributed by atoms with Gasteiger partial charge in [0.2, 0.25) is 15.9 Å². The van der Waals surface area contributed by atoms with E-state index in [1.54, 1.807) is 12.3 Å². The Bertz CT molecular complexity index is 898. The number of hydrogen-bond acceptors (Lipinski definition) is 5. The van der Waals surface area contributed by atoms with Crippen molar-refractivity contribution < 1.29 is 27.5 Å². The lowest BCUT2D eigenvalue weighted by Gasteiger charge is -2.30. The second-order valence-corrected chi connectivity index (χ2v) is 8.30. The third-order valence-electron chi connectivity index (χ3n) is 4.61. The lowest BCUT2D eigenvalue weighted by atomic mass is 9.97. The minimum absolute atomic E-state index is 0.0296. The van der Waals surface area contributed by atoms with Gasteiger partial charge in [-0.25, -0.2) is 13.2 Å². The molecule has 27 heavy (non-hydrogen) atoms. The van der Waals surface area contributed by atoms with Crippen LogP contribution >= 0.6 is 0 Å². The fourth-order valence-corrected chi connectivity index (χ4v) is 4.47. The van der Waals surface area contributed by atoms with E-state index in [4.69, 9.17) is 9.52 Å². The van der Waals surface area contributed by atoms with Crippen molar-refractivity contribution >= 4 is 21.9 Å². The van der Waals surface area contributed by atoms with Gasteiger partial charge in [0.15, 0.2) is 0 Å². The van der Waals surface area contributed by atoms with Gasteiger partial charge in [0, 0.05) is 31.1 Å². The van der Waals surface area contributed by atoms with E-state index >= 15 is 0 Å². The van der Waals surface area contributed by atoms with Gasteiger partial charge in [0.05, 0.1) is 23.0 Å². The smallest absolute Gasteiger partial charge is 0.335 e. The molecule has 1 aromatic carbocycles. The van der Waals surface area contributed by atoms with E-state index in [2.05, 4.69) is 5.32 Å². The van der Waals surface area contributed by atoms with Crippen LogP contribution < -0.4 is 5.32 Å². The number of benzene rings is 1. The molecule has 2 heterocycles. The molecule has 1 aliphatic rings. The van der Waals surface area contributed by atoms with E-state index in [9.17, 15) is 18.0 Å². The van der Waals surface area contributed by atoms with E-state index in [-0.39, 0.29) is 35.4 Å². The Labute approximate surface area is 156 Å². The van der Waals surface area contributed by atoms with Crippen molar-refractivity contribution in [3.05, 3.63) is 54.0 Å². The molecule has 2 aromatic rings. The van der Waals surface area contributed by atoms with E-state index in [1.165, 1.54) is 34.8 Å². The van der Waals surface area contributed by atoms with Crippen LogP contribution in [0.15, 0.2) is 52.2 Å². The van der Waals surface area contributed by atoms with Crippen LogP contribution in [0.2, 0.25) is 0 Å². The van der Waals surface area contributed by atoms with Gasteiger partial charge in [-0.2, -0.15) is 4.31 Å². The minimum atomic E-state index is -3.71. The molecular weight excluding hydrogens is 372 g/mol. The number of carbonyl (C=O) groups excluding carboxylic acids is 1. The molecule has 1 saturated heterocycles. The van der Waals surface area contributed by atoms with E-state index in [0.29, 0.717) is 19.4 Å². The Kier molecular flexibility index (Phi) is 5.62. The predicted molar refractivity (Wildman–Crippen MR) is 95.4 cm³/mol. The van der Waals surface area contributed by atoms with Crippen LogP contribution in [0.1, 0.15) is 28.8 Å². The van der Waals surface area contributed by atoms with E-state index in [0.717, 1.165) is 5.56 Å². The molecule has 8 nitrogen and oxygen atoms in total. The number of aromatic carboxylic acids is 1. The Morgan fingerprint density at radius 3 is 2.37 bits per heavy atom. The van der Waals surface area contributed by atoms with Crippen molar-refractivity contribution in [1.29, 1.82) is 0 Å². The highest BCUT2D eigenvalue weighted by atomic mass is 32.2. The summed E-state index contributed by atoms with van der Waals surface area (Å²) in [5.74, 6) is -1.45. The molecule has 1 aromatic heterocycles. The van der Waals surface area contributed by atoms with Crippen LogP contribution in [0.25, 0.3) is 0 Å². The number of sulfonamides is 1. The molecule has 9 heteroatoms. The van der Waals surface area contributed by atoms with Gasteiger partial charge in [-0.15, -0.1) is 0 Å². The zero-order valence-corrected chi connectivity index (χ0v) is 15.3. The summed E-state index contributed by atoms with van der Waals surface area (Å²) >= 11 is 0. The van der Waals surface area contributed by atoms with Gasteiger partial charge in [0.1, 0.15) is 0 Å². The second kappa shape index (κ2) is 7.93. The summed E-state index contributed by atoms with van der Waals surface area (Å²) in [5.41, 5.74) is 0.898. The minimum Gasteiger partial charge on any atom is -0.478 e. The summed E-state index contributed by atoms with van der Waals surface area (Å²) in [6.45, 7) is 0.864. The van der Waals surface area contributed by atoms with Crippen LogP contribution in [0.3, 0.4) is 0 Å². The highest BCUT2D eigenvalue weighted by Gasteiger charge is 2.32. The van der Waals surface area contributed by atoms with Crippen LogP contribution in [0.5, 0.6) is 0 Å². The molecule has 0 bridgehead atoms. The molecule has 1 fully saturated rings. The number of amides is 1. The lowest BCUT2D eigenvalue weighted by Crippen LogP contribution is -2.42. The zero-order valence-electron chi connectivity index (χ0n) is 14.5. The number of nitrogens with zero attached hydrogens (tertiary/aromatic N) is 1. The van der Waals surface area contributed by atoms with Crippen molar-refractivity contribution in [3.63, 3.8) is 0 Å². The Morgan fingerprint density at radius 1 is 1.15 bits per heavy atom. The Balaban J connectivity index is 1.57. The van der Waals surface area contributed by atoms with E-state index in [1.807, 2.05) is 0 Å². The van der Waals surface area contributed by atoms with E-state index < -0.39 is 16.0 Å². The fourth-order valence-electron chi connectivity index (χ4n) is 3.00. The molecule has 0 unspecified atom stereocenters.